The lowest BCUT2D eigenvalue weighted by atomic mass is 10.1. The minimum atomic E-state index is -3.57. The Labute approximate surface area is 181 Å². The predicted molar refractivity (Wildman–Crippen MR) is 117 cm³/mol. The summed E-state index contributed by atoms with van der Waals surface area (Å²) in [4.78, 5) is 23.8. The first-order valence-corrected chi connectivity index (χ1v) is 11.6. The number of carbonyl (C=O) groups is 2. The van der Waals surface area contributed by atoms with Crippen LogP contribution in [-0.2, 0) is 14.8 Å². The number of fused-ring (bicyclic) bond motifs is 1. The Morgan fingerprint density at radius 2 is 1.84 bits per heavy atom. The van der Waals surface area contributed by atoms with Crippen molar-refractivity contribution in [3.63, 3.8) is 0 Å². The van der Waals surface area contributed by atoms with Gasteiger partial charge in [-0.3, -0.25) is 13.9 Å². The van der Waals surface area contributed by atoms with E-state index in [0.717, 1.165) is 6.26 Å². The number of amides is 2. The van der Waals surface area contributed by atoms with Crippen molar-refractivity contribution in [2.24, 2.45) is 5.73 Å². The van der Waals surface area contributed by atoms with Gasteiger partial charge in [-0.2, -0.15) is 0 Å². The highest BCUT2D eigenvalue weighted by Crippen LogP contribution is 2.34. The van der Waals surface area contributed by atoms with Gasteiger partial charge in [-0.05, 0) is 43.2 Å². The van der Waals surface area contributed by atoms with Gasteiger partial charge < -0.3 is 20.5 Å². The number of rotatable bonds is 8. The molecular formula is C21H25N3O6S. The van der Waals surface area contributed by atoms with E-state index in [4.69, 9.17) is 15.2 Å². The number of primary amides is 1. The van der Waals surface area contributed by atoms with Gasteiger partial charge in [0.15, 0.2) is 11.5 Å². The molecule has 0 saturated carbocycles. The molecule has 1 heterocycles. The zero-order chi connectivity index (χ0) is 22.6. The van der Waals surface area contributed by atoms with E-state index < -0.39 is 15.9 Å². The highest BCUT2D eigenvalue weighted by Gasteiger charge is 2.21. The summed E-state index contributed by atoms with van der Waals surface area (Å²) >= 11 is 0. The van der Waals surface area contributed by atoms with Crippen LogP contribution in [0.3, 0.4) is 0 Å². The molecule has 0 fully saturated rings. The molecule has 0 unspecified atom stereocenters. The van der Waals surface area contributed by atoms with Crippen LogP contribution in [0.4, 0.5) is 11.4 Å². The Kier molecular flexibility index (Phi) is 6.69. The van der Waals surface area contributed by atoms with Gasteiger partial charge in [-0.25, -0.2) is 8.42 Å². The summed E-state index contributed by atoms with van der Waals surface area (Å²) in [5, 5.41) is 2.75. The van der Waals surface area contributed by atoms with E-state index in [-0.39, 0.29) is 18.9 Å². The van der Waals surface area contributed by atoms with E-state index in [1.807, 2.05) is 0 Å². The number of ether oxygens (including phenoxy) is 2. The number of carbonyl (C=O) groups excluding carboxylic acids is 2. The van der Waals surface area contributed by atoms with Crippen molar-refractivity contribution >= 4 is 33.2 Å². The first-order valence-electron chi connectivity index (χ1n) is 9.73. The molecule has 2 aromatic carbocycles. The van der Waals surface area contributed by atoms with Gasteiger partial charge in [-0.15, -0.1) is 0 Å². The zero-order valence-electron chi connectivity index (χ0n) is 17.4. The first kappa shape index (κ1) is 22.4. The van der Waals surface area contributed by atoms with Crippen LogP contribution in [0.1, 0.15) is 28.8 Å². The molecular weight excluding hydrogens is 422 g/mol. The number of nitrogens with one attached hydrogen (secondary N) is 1. The lowest BCUT2D eigenvalue weighted by Crippen LogP contribution is -2.31. The smallest absolute Gasteiger partial charge is 0.249 e. The average Bonchev–Trinajstić information content (AvgIpc) is 2.71. The minimum Gasteiger partial charge on any atom is -0.486 e. The number of benzene rings is 2. The van der Waals surface area contributed by atoms with Crippen LogP contribution in [0.25, 0.3) is 0 Å². The second-order valence-corrected chi connectivity index (χ2v) is 9.06. The van der Waals surface area contributed by atoms with Gasteiger partial charge >= 0.3 is 0 Å². The fourth-order valence-corrected chi connectivity index (χ4v) is 4.26. The molecule has 166 valence electrons. The molecule has 1 aliphatic rings. The summed E-state index contributed by atoms with van der Waals surface area (Å²) in [7, 11) is -3.57. The molecule has 0 aliphatic carbocycles. The lowest BCUT2D eigenvalue weighted by Gasteiger charge is -2.25. The number of hydrogen-bond donors (Lipinski definition) is 2. The molecule has 0 atom stereocenters. The maximum absolute atomic E-state index is 12.4. The maximum atomic E-state index is 12.4. The highest BCUT2D eigenvalue weighted by atomic mass is 32.2. The quantitative estimate of drug-likeness (QED) is 0.637. The molecule has 2 amide bonds. The fourth-order valence-electron chi connectivity index (χ4n) is 3.31. The predicted octanol–water partition coefficient (Wildman–Crippen LogP) is 2.05. The van der Waals surface area contributed by atoms with Crippen molar-refractivity contribution in [3.05, 3.63) is 47.5 Å². The first-order chi connectivity index (χ1) is 14.7. The van der Waals surface area contributed by atoms with Crippen LogP contribution in [0, 0.1) is 6.92 Å². The van der Waals surface area contributed by atoms with Gasteiger partial charge in [0.1, 0.15) is 13.2 Å². The second kappa shape index (κ2) is 9.25. The van der Waals surface area contributed by atoms with Crippen LogP contribution in [0.5, 0.6) is 11.5 Å². The van der Waals surface area contributed by atoms with Gasteiger partial charge in [0.25, 0.3) is 0 Å². The second-order valence-electron chi connectivity index (χ2n) is 7.16. The highest BCUT2D eigenvalue weighted by molar-refractivity contribution is 7.92. The topological polar surface area (TPSA) is 128 Å². The molecule has 0 spiro atoms. The van der Waals surface area contributed by atoms with Crippen LogP contribution < -0.4 is 24.8 Å². The van der Waals surface area contributed by atoms with E-state index >= 15 is 0 Å². The Morgan fingerprint density at radius 1 is 1.13 bits per heavy atom. The van der Waals surface area contributed by atoms with Crippen molar-refractivity contribution < 1.29 is 27.5 Å². The molecule has 3 N–H and O–H groups in total. The Bertz CT molecular complexity index is 1100. The van der Waals surface area contributed by atoms with E-state index in [1.54, 1.807) is 43.3 Å². The van der Waals surface area contributed by atoms with Crippen molar-refractivity contribution in [1.29, 1.82) is 0 Å². The third kappa shape index (κ3) is 5.46. The number of hydrogen-bond acceptors (Lipinski definition) is 6. The minimum absolute atomic E-state index is 0.0941. The molecule has 1 aliphatic heterocycles. The number of nitrogens with two attached hydrogens (primary N) is 1. The lowest BCUT2D eigenvalue weighted by molar-refractivity contribution is -0.116. The molecule has 0 bridgehead atoms. The van der Waals surface area contributed by atoms with Gasteiger partial charge in [0.05, 0.1) is 11.9 Å². The van der Waals surface area contributed by atoms with E-state index in [0.29, 0.717) is 53.6 Å². The fraction of sp³-hybridized carbons (Fsp3) is 0.333. The Hall–Kier alpha value is -3.27. The number of anilines is 2. The average molecular weight is 448 g/mol. The van der Waals surface area contributed by atoms with E-state index in [2.05, 4.69) is 5.32 Å². The van der Waals surface area contributed by atoms with E-state index in [9.17, 15) is 18.0 Å². The summed E-state index contributed by atoms with van der Waals surface area (Å²) in [5.41, 5.74) is 7.18. The van der Waals surface area contributed by atoms with Gasteiger partial charge in [-0.1, -0.05) is 6.07 Å². The molecule has 0 radical (unpaired) electrons. The molecule has 0 aromatic heterocycles. The summed E-state index contributed by atoms with van der Waals surface area (Å²) in [5.74, 6) is 0.188. The maximum Gasteiger partial charge on any atom is 0.249 e. The Balaban J connectivity index is 1.65. The van der Waals surface area contributed by atoms with Crippen molar-refractivity contribution in [2.45, 2.75) is 19.8 Å². The van der Waals surface area contributed by atoms with Crippen LogP contribution in [-0.4, -0.2) is 46.2 Å². The van der Waals surface area contributed by atoms with Crippen LogP contribution >= 0.6 is 0 Å². The normalized spacial score (nSPS) is 12.8. The third-order valence-corrected chi connectivity index (χ3v) is 6.05. The van der Waals surface area contributed by atoms with Gasteiger partial charge in [0.2, 0.25) is 21.8 Å². The van der Waals surface area contributed by atoms with Crippen LogP contribution in [0.15, 0.2) is 36.4 Å². The molecule has 3 rings (SSSR count). The van der Waals surface area contributed by atoms with Crippen molar-refractivity contribution in [2.75, 3.05) is 35.6 Å². The summed E-state index contributed by atoms with van der Waals surface area (Å²) in [6, 6.07) is 9.84. The molecule has 9 nitrogen and oxygen atoms in total. The molecule has 2 aromatic rings. The molecule has 10 heteroatoms. The molecule has 31 heavy (non-hydrogen) atoms. The number of nitrogens with zero attached hydrogens (tertiary/aromatic N) is 1. The summed E-state index contributed by atoms with van der Waals surface area (Å²) < 4.78 is 36.9. The van der Waals surface area contributed by atoms with E-state index in [1.165, 1.54) is 4.31 Å². The van der Waals surface area contributed by atoms with Crippen molar-refractivity contribution in [3.8, 4) is 11.5 Å². The standard InChI is InChI=1S/C21H25N3O6S/c1-14-16(21(22)26)5-3-6-17(14)23-20(25)7-4-10-24(31(2,27)28)15-8-9-18-19(13-15)30-12-11-29-18/h3,5-6,8-9,13H,4,7,10-12H2,1-2H3,(H2,22,26)(H,23,25). The molecule has 0 saturated heterocycles. The van der Waals surface area contributed by atoms with Gasteiger partial charge in [0, 0.05) is 30.3 Å². The third-order valence-electron chi connectivity index (χ3n) is 4.85. The Morgan fingerprint density at radius 3 is 2.52 bits per heavy atom. The monoisotopic (exact) mass is 447 g/mol. The largest absolute Gasteiger partial charge is 0.486 e. The zero-order valence-corrected chi connectivity index (χ0v) is 18.2. The SMILES string of the molecule is Cc1c(NC(=O)CCCN(c2ccc3c(c2)OCCO3)S(C)(=O)=O)cccc1C(N)=O. The number of sulfonamides is 1. The summed E-state index contributed by atoms with van der Waals surface area (Å²) in [6.45, 7) is 2.65. The van der Waals surface area contributed by atoms with Crippen molar-refractivity contribution in [1.82, 2.24) is 0 Å². The summed E-state index contributed by atoms with van der Waals surface area (Å²) in [6.07, 6.45) is 1.50. The van der Waals surface area contributed by atoms with Crippen LogP contribution in [0.2, 0.25) is 0 Å².